The molecule has 1 atom stereocenters. The second-order valence-corrected chi connectivity index (χ2v) is 9.56. The van der Waals surface area contributed by atoms with Gasteiger partial charge in [-0.15, -0.1) is 0 Å². The van der Waals surface area contributed by atoms with Gasteiger partial charge in [0.1, 0.15) is 0 Å². The van der Waals surface area contributed by atoms with Crippen molar-refractivity contribution in [2.24, 2.45) is 16.7 Å². The van der Waals surface area contributed by atoms with Gasteiger partial charge in [0.25, 0.3) is 0 Å². The molecule has 4 heteroatoms. The van der Waals surface area contributed by atoms with Crippen LogP contribution in [0.5, 0.6) is 0 Å². The van der Waals surface area contributed by atoms with Gasteiger partial charge < -0.3 is 9.80 Å². The van der Waals surface area contributed by atoms with Crippen molar-refractivity contribution >= 4 is 17.9 Å². The molecule has 1 aromatic rings. The molecule has 148 valence electrons. The van der Waals surface area contributed by atoms with Crippen LogP contribution >= 0.6 is 0 Å². The molecule has 2 saturated carbocycles. The molecule has 0 N–H and O–H groups in total. The Bertz CT molecular complexity index is 788. The molecule has 2 heterocycles. The summed E-state index contributed by atoms with van der Waals surface area (Å²) in [6.07, 6.45) is 11.8. The van der Waals surface area contributed by atoms with Crippen molar-refractivity contribution in [3.63, 3.8) is 0 Å². The van der Waals surface area contributed by atoms with E-state index in [1.807, 2.05) is 23.1 Å². The van der Waals surface area contributed by atoms with Crippen molar-refractivity contribution in [3.05, 3.63) is 42.0 Å². The Hall–Kier alpha value is -2.10. The lowest BCUT2D eigenvalue weighted by atomic mass is 9.77. The molecule has 0 radical (unpaired) electrons. The van der Waals surface area contributed by atoms with Crippen LogP contribution in [0.15, 0.2) is 36.4 Å². The van der Waals surface area contributed by atoms with Gasteiger partial charge in [0.15, 0.2) is 0 Å². The second-order valence-electron chi connectivity index (χ2n) is 9.56. The lowest BCUT2D eigenvalue weighted by Gasteiger charge is -2.39. The molecule has 5 rings (SSSR count). The third-order valence-electron chi connectivity index (χ3n) is 7.81. The molecule has 4 aliphatic rings. The fourth-order valence-electron chi connectivity index (χ4n) is 5.67. The standard InChI is InChI=1S/C24H30N2O2/c27-21-17-23(18-26(21)13-4-8-19-6-2-1-3-7-19)11-14-25(15-12-23)22(28)20-16-24(20)9-5-10-24/h1-4,6-8,20H,5,9-18H2. The summed E-state index contributed by atoms with van der Waals surface area (Å²) in [6, 6.07) is 10.2. The summed E-state index contributed by atoms with van der Waals surface area (Å²) in [4.78, 5) is 29.5. The monoisotopic (exact) mass is 378 g/mol. The summed E-state index contributed by atoms with van der Waals surface area (Å²) in [6.45, 7) is 3.21. The van der Waals surface area contributed by atoms with Crippen molar-refractivity contribution in [1.82, 2.24) is 9.80 Å². The van der Waals surface area contributed by atoms with Crippen molar-refractivity contribution in [1.29, 1.82) is 0 Å². The highest BCUT2D eigenvalue weighted by Crippen LogP contribution is 2.66. The summed E-state index contributed by atoms with van der Waals surface area (Å²) < 4.78 is 0. The predicted molar refractivity (Wildman–Crippen MR) is 109 cm³/mol. The summed E-state index contributed by atoms with van der Waals surface area (Å²) in [5, 5.41) is 0. The first-order chi connectivity index (χ1) is 13.6. The first kappa shape index (κ1) is 18.0. The Morgan fingerprint density at radius 3 is 2.50 bits per heavy atom. The lowest BCUT2D eigenvalue weighted by Crippen LogP contribution is -2.45. The third kappa shape index (κ3) is 3.17. The van der Waals surface area contributed by atoms with E-state index in [9.17, 15) is 9.59 Å². The van der Waals surface area contributed by atoms with Gasteiger partial charge in [-0.3, -0.25) is 9.59 Å². The van der Waals surface area contributed by atoms with E-state index in [2.05, 4.69) is 29.2 Å². The number of carbonyl (C=O) groups excluding carboxylic acids is 2. The number of carbonyl (C=O) groups is 2. The Balaban J connectivity index is 1.14. The third-order valence-corrected chi connectivity index (χ3v) is 7.81. The Morgan fingerprint density at radius 1 is 1.11 bits per heavy atom. The zero-order chi connectivity index (χ0) is 19.2. The summed E-state index contributed by atoms with van der Waals surface area (Å²) in [5.74, 6) is 0.995. The van der Waals surface area contributed by atoms with E-state index in [-0.39, 0.29) is 11.3 Å². The van der Waals surface area contributed by atoms with Gasteiger partial charge in [0, 0.05) is 43.9 Å². The van der Waals surface area contributed by atoms with Crippen LogP contribution < -0.4 is 0 Å². The van der Waals surface area contributed by atoms with Gasteiger partial charge in [-0.1, -0.05) is 48.9 Å². The van der Waals surface area contributed by atoms with E-state index in [1.54, 1.807) is 0 Å². The summed E-state index contributed by atoms with van der Waals surface area (Å²) in [7, 11) is 0. The number of hydrogen-bond acceptors (Lipinski definition) is 2. The number of benzene rings is 1. The number of hydrogen-bond donors (Lipinski definition) is 0. The molecule has 4 fully saturated rings. The molecule has 1 unspecified atom stereocenters. The molecule has 4 nitrogen and oxygen atoms in total. The van der Waals surface area contributed by atoms with Gasteiger partial charge in [-0.2, -0.15) is 0 Å². The second kappa shape index (κ2) is 6.75. The Kier molecular flexibility index (Phi) is 4.33. The zero-order valence-electron chi connectivity index (χ0n) is 16.6. The summed E-state index contributed by atoms with van der Waals surface area (Å²) >= 11 is 0. The minimum atomic E-state index is 0.0894. The lowest BCUT2D eigenvalue weighted by molar-refractivity contribution is -0.136. The van der Waals surface area contributed by atoms with E-state index < -0.39 is 0 Å². The van der Waals surface area contributed by atoms with E-state index >= 15 is 0 Å². The number of rotatable bonds is 4. The van der Waals surface area contributed by atoms with Crippen molar-refractivity contribution in [2.45, 2.75) is 44.9 Å². The first-order valence-electron chi connectivity index (χ1n) is 10.9. The normalized spacial score (nSPS) is 27.6. The van der Waals surface area contributed by atoms with Crippen LogP contribution in [0.3, 0.4) is 0 Å². The smallest absolute Gasteiger partial charge is 0.226 e. The average molecular weight is 379 g/mol. The minimum absolute atomic E-state index is 0.0894. The maximum atomic E-state index is 12.8. The number of amides is 2. The number of piperidine rings is 1. The van der Waals surface area contributed by atoms with Crippen LogP contribution in [0.25, 0.3) is 6.08 Å². The molecule has 28 heavy (non-hydrogen) atoms. The van der Waals surface area contributed by atoms with Crippen molar-refractivity contribution in [3.8, 4) is 0 Å². The summed E-state index contributed by atoms with van der Waals surface area (Å²) in [5.41, 5.74) is 1.67. The van der Waals surface area contributed by atoms with Gasteiger partial charge in [-0.05, 0) is 43.1 Å². The zero-order valence-corrected chi connectivity index (χ0v) is 16.6. The molecule has 2 spiro atoms. The van der Waals surface area contributed by atoms with Crippen LogP contribution in [0.1, 0.15) is 50.5 Å². The molecule has 2 saturated heterocycles. The van der Waals surface area contributed by atoms with Crippen LogP contribution in [-0.4, -0.2) is 47.8 Å². The predicted octanol–water partition coefficient (Wildman–Crippen LogP) is 3.73. The molecule has 2 amide bonds. The molecule has 2 aliphatic heterocycles. The van der Waals surface area contributed by atoms with Crippen molar-refractivity contribution in [2.75, 3.05) is 26.2 Å². The Labute approximate surface area is 167 Å². The first-order valence-corrected chi connectivity index (χ1v) is 10.9. The van der Waals surface area contributed by atoms with Gasteiger partial charge in [0.2, 0.25) is 11.8 Å². The van der Waals surface area contributed by atoms with Crippen molar-refractivity contribution < 1.29 is 9.59 Å². The highest BCUT2D eigenvalue weighted by molar-refractivity contribution is 5.83. The average Bonchev–Trinajstić information content (AvgIpc) is 3.38. The molecular weight excluding hydrogens is 348 g/mol. The molecule has 0 bridgehead atoms. The maximum absolute atomic E-state index is 12.8. The van der Waals surface area contributed by atoms with Crippen LogP contribution in [0, 0.1) is 16.7 Å². The van der Waals surface area contributed by atoms with E-state index in [0.717, 1.165) is 38.9 Å². The number of likely N-dealkylation sites (tertiary alicyclic amines) is 2. The fraction of sp³-hybridized carbons (Fsp3) is 0.583. The topological polar surface area (TPSA) is 40.6 Å². The van der Waals surface area contributed by atoms with Crippen LogP contribution in [0.2, 0.25) is 0 Å². The van der Waals surface area contributed by atoms with E-state index in [0.29, 0.717) is 30.2 Å². The fourth-order valence-corrected chi connectivity index (χ4v) is 5.67. The SMILES string of the molecule is O=C1CC2(CCN(C(=O)C3CC34CCC4)CC2)CN1CC=Cc1ccccc1. The van der Waals surface area contributed by atoms with Crippen LogP contribution in [0.4, 0.5) is 0 Å². The van der Waals surface area contributed by atoms with Crippen LogP contribution in [-0.2, 0) is 9.59 Å². The minimum Gasteiger partial charge on any atom is -0.342 e. The Morgan fingerprint density at radius 2 is 1.86 bits per heavy atom. The molecule has 2 aliphatic carbocycles. The van der Waals surface area contributed by atoms with Gasteiger partial charge in [-0.25, -0.2) is 0 Å². The highest BCUT2D eigenvalue weighted by atomic mass is 16.2. The largest absolute Gasteiger partial charge is 0.342 e. The molecule has 0 aromatic heterocycles. The van der Waals surface area contributed by atoms with E-state index in [4.69, 9.17) is 0 Å². The maximum Gasteiger partial charge on any atom is 0.226 e. The quantitative estimate of drug-likeness (QED) is 0.801. The number of nitrogens with zero attached hydrogens (tertiary/aromatic N) is 2. The van der Waals surface area contributed by atoms with E-state index in [1.165, 1.54) is 24.8 Å². The van der Waals surface area contributed by atoms with Gasteiger partial charge >= 0.3 is 0 Å². The molecule has 1 aromatic carbocycles. The highest BCUT2D eigenvalue weighted by Gasteiger charge is 2.62. The van der Waals surface area contributed by atoms with Gasteiger partial charge in [0.05, 0.1) is 0 Å². The molecular formula is C24H30N2O2.